The van der Waals surface area contributed by atoms with Crippen molar-refractivity contribution in [2.24, 2.45) is 5.92 Å². The molecule has 1 heterocycles. The Morgan fingerprint density at radius 2 is 1.96 bits per heavy atom. The lowest BCUT2D eigenvalue weighted by Gasteiger charge is -2.35. The Morgan fingerprint density at radius 3 is 2.63 bits per heavy atom. The van der Waals surface area contributed by atoms with Crippen LogP contribution in [0.4, 0.5) is 0 Å². The van der Waals surface area contributed by atoms with Gasteiger partial charge in [0.1, 0.15) is 23.7 Å². The molecule has 1 saturated heterocycles. The lowest BCUT2D eigenvalue weighted by atomic mass is 10.0. The SMILES string of the molecule is CCCCOc1cc(O)ccc1C(=O)OC[C@H](CC(C)C)N1CCCCC1. The number of hydrogen-bond donors (Lipinski definition) is 1. The number of carbonyl (C=O) groups is 1. The molecule has 2 rings (SSSR count). The van der Waals surface area contributed by atoms with Crippen LogP contribution < -0.4 is 4.74 Å². The second kappa shape index (κ2) is 11.2. The Hall–Kier alpha value is -1.75. The van der Waals surface area contributed by atoms with E-state index in [1.54, 1.807) is 6.07 Å². The molecule has 1 aliphatic heterocycles. The van der Waals surface area contributed by atoms with E-state index in [0.29, 0.717) is 30.4 Å². The maximum Gasteiger partial charge on any atom is 0.341 e. The fourth-order valence-electron chi connectivity index (χ4n) is 3.53. The number of ether oxygens (including phenoxy) is 2. The van der Waals surface area contributed by atoms with Crippen LogP contribution in [-0.4, -0.2) is 48.3 Å². The molecule has 1 aromatic rings. The highest BCUT2D eigenvalue weighted by molar-refractivity contribution is 5.92. The molecule has 1 N–H and O–H groups in total. The lowest BCUT2D eigenvalue weighted by Crippen LogP contribution is -2.43. The number of benzene rings is 1. The quantitative estimate of drug-likeness (QED) is 0.476. The van der Waals surface area contributed by atoms with Crippen LogP contribution in [0.2, 0.25) is 0 Å². The Labute approximate surface area is 163 Å². The minimum atomic E-state index is -0.382. The largest absolute Gasteiger partial charge is 0.508 e. The Kier molecular flexibility index (Phi) is 8.92. The highest BCUT2D eigenvalue weighted by Crippen LogP contribution is 2.26. The minimum absolute atomic E-state index is 0.0871. The zero-order chi connectivity index (χ0) is 19.6. The van der Waals surface area contributed by atoms with Gasteiger partial charge in [0, 0.05) is 12.1 Å². The predicted molar refractivity (Wildman–Crippen MR) is 107 cm³/mol. The van der Waals surface area contributed by atoms with Crippen molar-refractivity contribution in [1.29, 1.82) is 0 Å². The van der Waals surface area contributed by atoms with Crippen molar-refractivity contribution in [3.8, 4) is 11.5 Å². The first-order valence-electron chi connectivity index (χ1n) is 10.4. The van der Waals surface area contributed by atoms with Crippen molar-refractivity contribution in [2.75, 3.05) is 26.3 Å². The second-order valence-electron chi connectivity index (χ2n) is 7.86. The molecule has 0 radical (unpaired) electrons. The molecule has 1 aliphatic rings. The summed E-state index contributed by atoms with van der Waals surface area (Å²) in [7, 11) is 0. The first-order valence-corrected chi connectivity index (χ1v) is 10.4. The maximum atomic E-state index is 12.7. The van der Waals surface area contributed by atoms with Gasteiger partial charge in [0.2, 0.25) is 0 Å². The molecule has 0 unspecified atom stereocenters. The molecule has 0 bridgehead atoms. The number of carbonyl (C=O) groups excluding carboxylic acids is 1. The van der Waals surface area contributed by atoms with Crippen LogP contribution in [0.1, 0.15) is 69.7 Å². The van der Waals surface area contributed by atoms with Crippen LogP contribution >= 0.6 is 0 Å². The van der Waals surface area contributed by atoms with E-state index >= 15 is 0 Å². The summed E-state index contributed by atoms with van der Waals surface area (Å²) in [6, 6.07) is 4.83. The van der Waals surface area contributed by atoms with Gasteiger partial charge in [-0.15, -0.1) is 0 Å². The van der Waals surface area contributed by atoms with E-state index in [1.807, 2.05) is 0 Å². The molecule has 5 nitrogen and oxygen atoms in total. The van der Waals surface area contributed by atoms with Gasteiger partial charge in [0.25, 0.3) is 0 Å². The van der Waals surface area contributed by atoms with Gasteiger partial charge >= 0.3 is 5.97 Å². The molecular formula is C22H35NO4. The number of phenolic OH excluding ortho intramolecular Hbond substituents is 1. The fourth-order valence-corrected chi connectivity index (χ4v) is 3.53. The molecular weight excluding hydrogens is 342 g/mol. The minimum Gasteiger partial charge on any atom is -0.508 e. The lowest BCUT2D eigenvalue weighted by molar-refractivity contribution is 0.0280. The maximum absolute atomic E-state index is 12.7. The molecule has 0 spiro atoms. The Bertz CT molecular complexity index is 582. The van der Waals surface area contributed by atoms with Crippen molar-refractivity contribution in [1.82, 2.24) is 4.90 Å². The molecule has 1 aromatic carbocycles. The molecule has 0 amide bonds. The summed E-state index contributed by atoms with van der Waals surface area (Å²) in [4.78, 5) is 15.1. The third-order valence-corrected chi connectivity index (χ3v) is 5.00. The van der Waals surface area contributed by atoms with Crippen molar-refractivity contribution in [3.63, 3.8) is 0 Å². The normalized spacial score (nSPS) is 16.3. The Morgan fingerprint density at radius 1 is 1.22 bits per heavy atom. The van der Waals surface area contributed by atoms with Crippen molar-refractivity contribution in [3.05, 3.63) is 23.8 Å². The molecule has 27 heavy (non-hydrogen) atoms. The number of piperidine rings is 1. The van der Waals surface area contributed by atoms with Crippen LogP contribution in [0.5, 0.6) is 11.5 Å². The number of unbranched alkanes of at least 4 members (excludes halogenated alkanes) is 1. The van der Waals surface area contributed by atoms with Crippen LogP contribution in [0.3, 0.4) is 0 Å². The molecule has 152 valence electrons. The summed E-state index contributed by atoms with van der Waals surface area (Å²) in [5, 5.41) is 9.72. The van der Waals surface area contributed by atoms with Crippen LogP contribution in [-0.2, 0) is 4.74 Å². The van der Waals surface area contributed by atoms with Gasteiger partial charge in [-0.1, -0.05) is 33.6 Å². The molecule has 0 aromatic heterocycles. The standard InChI is InChI=1S/C22H35NO4/c1-4-5-13-26-21-15-19(24)9-10-20(21)22(25)27-16-18(14-17(2)3)23-11-7-6-8-12-23/h9-10,15,17-18,24H,4-8,11-14,16H2,1-3H3/t18-/m0/s1. The average Bonchev–Trinajstić information content (AvgIpc) is 2.65. The fraction of sp³-hybridized carbons (Fsp3) is 0.682. The first kappa shape index (κ1) is 21.5. The number of esters is 1. The van der Waals surface area contributed by atoms with E-state index in [2.05, 4.69) is 25.7 Å². The summed E-state index contributed by atoms with van der Waals surface area (Å²) >= 11 is 0. The van der Waals surface area contributed by atoms with Gasteiger partial charge in [-0.25, -0.2) is 4.79 Å². The van der Waals surface area contributed by atoms with E-state index in [4.69, 9.17) is 9.47 Å². The number of rotatable bonds is 10. The van der Waals surface area contributed by atoms with Gasteiger partial charge < -0.3 is 14.6 Å². The third-order valence-electron chi connectivity index (χ3n) is 5.00. The number of hydrogen-bond acceptors (Lipinski definition) is 5. The zero-order valence-corrected chi connectivity index (χ0v) is 17.1. The van der Waals surface area contributed by atoms with E-state index in [1.165, 1.54) is 31.4 Å². The summed E-state index contributed by atoms with van der Waals surface area (Å²) in [5.41, 5.74) is 0.380. The molecule has 0 saturated carbocycles. The summed E-state index contributed by atoms with van der Waals surface area (Å²) in [6.45, 7) is 9.57. The van der Waals surface area contributed by atoms with Crippen molar-refractivity contribution >= 4 is 5.97 Å². The van der Waals surface area contributed by atoms with Gasteiger partial charge in [-0.05, 0) is 56.8 Å². The van der Waals surface area contributed by atoms with E-state index in [0.717, 1.165) is 32.4 Å². The van der Waals surface area contributed by atoms with Gasteiger partial charge in [-0.3, -0.25) is 4.90 Å². The van der Waals surface area contributed by atoms with Crippen LogP contribution in [0, 0.1) is 5.92 Å². The highest BCUT2D eigenvalue weighted by atomic mass is 16.5. The number of phenols is 1. The molecule has 5 heteroatoms. The van der Waals surface area contributed by atoms with E-state index in [9.17, 15) is 9.90 Å². The second-order valence-corrected chi connectivity index (χ2v) is 7.86. The van der Waals surface area contributed by atoms with Crippen LogP contribution in [0.25, 0.3) is 0 Å². The molecule has 1 atom stereocenters. The number of aromatic hydroxyl groups is 1. The topological polar surface area (TPSA) is 59.0 Å². The number of nitrogens with zero attached hydrogens (tertiary/aromatic N) is 1. The van der Waals surface area contributed by atoms with Gasteiger partial charge in [0.15, 0.2) is 0 Å². The average molecular weight is 378 g/mol. The smallest absolute Gasteiger partial charge is 0.341 e. The summed E-state index contributed by atoms with van der Waals surface area (Å²) in [6.07, 6.45) is 6.64. The Balaban J connectivity index is 2.01. The van der Waals surface area contributed by atoms with E-state index in [-0.39, 0.29) is 17.8 Å². The van der Waals surface area contributed by atoms with Gasteiger partial charge in [-0.2, -0.15) is 0 Å². The van der Waals surface area contributed by atoms with Crippen molar-refractivity contribution in [2.45, 2.75) is 65.3 Å². The highest BCUT2D eigenvalue weighted by Gasteiger charge is 2.24. The van der Waals surface area contributed by atoms with Gasteiger partial charge in [0.05, 0.1) is 6.61 Å². The van der Waals surface area contributed by atoms with Crippen LogP contribution in [0.15, 0.2) is 18.2 Å². The van der Waals surface area contributed by atoms with E-state index < -0.39 is 0 Å². The third kappa shape index (κ3) is 7.06. The zero-order valence-electron chi connectivity index (χ0n) is 17.1. The summed E-state index contributed by atoms with van der Waals surface area (Å²) in [5.74, 6) is 0.653. The molecule has 0 aliphatic carbocycles. The van der Waals surface area contributed by atoms with Crippen molar-refractivity contribution < 1.29 is 19.4 Å². The number of likely N-dealkylation sites (tertiary alicyclic amines) is 1. The molecule has 1 fully saturated rings. The predicted octanol–water partition coefficient (Wildman–Crippen LogP) is 4.63. The summed E-state index contributed by atoms with van der Waals surface area (Å²) < 4.78 is 11.4. The monoisotopic (exact) mass is 377 g/mol. The first-order chi connectivity index (χ1) is 13.0.